The molecule has 1 aliphatic rings. The Bertz CT molecular complexity index is 2400. The highest BCUT2D eigenvalue weighted by Crippen LogP contribution is 2.28. The van der Waals surface area contributed by atoms with Crippen molar-refractivity contribution in [1.82, 2.24) is 9.97 Å². The van der Waals surface area contributed by atoms with Crippen LogP contribution in [0.15, 0.2) is 121 Å². The molecule has 6 aromatic rings. The van der Waals surface area contributed by atoms with Crippen molar-refractivity contribution in [2.75, 3.05) is 79.3 Å². The van der Waals surface area contributed by atoms with Crippen molar-refractivity contribution >= 4 is 27.6 Å². The van der Waals surface area contributed by atoms with Crippen LogP contribution in [0.3, 0.4) is 0 Å². The van der Waals surface area contributed by atoms with Crippen LogP contribution in [-0.4, -0.2) is 100 Å². The summed E-state index contributed by atoms with van der Waals surface area (Å²) in [6, 6.07) is 37.9. The van der Waals surface area contributed by atoms with E-state index in [1.165, 1.54) is 28.3 Å². The van der Waals surface area contributed by atoms with Crippen LogP contribution in [0.1, 0.15) is 47.9 Å². The fourth-order valence-corrected chi connectivity index (χ4v) is 7.72. The molecule has 330 valence electrons. The number of ketones is 1. The summed E-state index contributed by atoms with van der Waals surface area (Å²) in [7, 11) is 0. The number of benzene rings is 4. The van der Waals surface area contributed by atoms with Gasteiger partial charge in [0.25, 0.3) is 0 Å². The monoisotopic (exact) mass is 852 g/mol. The van der Waals surface area contributed by atoms with E-state index in [4.69, 9.17) is 38.4 Å². The van der Waals surface area contributed by atoms with Gasteiger partial charge >= 0.3 is 0 Å². The molecule has 10 heteroatoms. The molecule has 1 aliphatic heterocycles. The van der Waals surface area contributed by atoms with Gasteiger partial charge in [0, 0.05) is 54.0 Å². The molecule has 0 radical (unpaired) electrons. The first-order chi connectivity index (χ1) is 31.1. The Hall–Kier alpha value is -5.33. The predicted octanol–water partition coefficient (Wildman–Crippen LogP) is 9.67. The average molecular weight is 853 g/mol. The third-order valence-electron chi connectivity index (χ3n) is 11.0. The largest absolute Gasteiger partial charge is 0.512 e. The molecule has 0 spiro atoms. The molecule has 0 amide bonds. The summed E-state index contributed by atoms with van der Waals surface area (Å²) in [6.45, 7) is 6.15. The van der Waals surface area contributed by atoms with Gasteiger partial charge in [-0.3, -0.25) is 4.79 Å². The number of nitrogens with zero attached hydrogens (tertiary/aromatic N) is 2. The van der Waals surface area contributed by atoms with Crippen molar-refractivity contribution in [3.05, 3.63) is 143 Å². The van der Waals surface area contributed by atoms with Crippen LogP contribution in [0.25, 0.3) is 44.3 Å². The number of aliphatic hydroxyl groups is 1. The van der Waals surface area contributed by atoms with Crippen LogP contribution in [0.4, 0.5) is 0 Å². The Morgan fingerprint density at radius 1 is 0.413 bits per heavy atom. The Morgan fingerprint density at radius 2 is 0.841 bits per heavy atom. The number of hydrogen-bond acceptors (Lipinski definition) is 10. The number of carbonyl (C=O) groups excluding carboxylic acids is 1. The zero-order valence-electron chi connectivity index (χ0n) is 36.3. The number of allylic oxidation sites excluding steroid dienone is 2. The third kappa shape index (κ3) is 14.6. The normalized spacial score (nSPS) is 17.3. The molecule has 4 aromatic carbocycles. The maximum atomic E-state index is 12.4. The molecule has 1 N–H and O–H groups in total. The van der Waals surface area contributed by atoms with Crippen LogP contribution < -0.4 is 0 Å². The van der Waals surface area contributed by atoms with E-state index in [0.717, 1.165) is 70.0 Å². The number of rotatable bonds is 0. The zero-order chi connectivity index (χ0) is 43.3. The maximum Gasteiger partial charge on any atom is 0.159 e. The third-order valence-corrected chi connectivity index (χ3v) is 11.0. The minimum atomic E-state index is -0.112. The first kappa shape index (κ1) is 45.7. The second-order valence-electron chi connectivity index (χ2n) is 15.8. The van der Waals surface area contributed by atoms with Gasteiger partial charge < -0.3 is 33.5 Å². The van der Waals surface area contributed by atoms with Gasteiger partial charge in [0.1, 0.15) is 0 Å². The minimum Gasteiger partial charge on any atom is -0.512 e. The Balaban J connectivity index is 0.959. The molecule has 10 nitrogen and oxygen atoms in total. The van der Waals surface area contributed by atoms with Crippen molar-refractivity contribution in [3.63, 3.8) is 0 Å². The van der Waals surface area contributed by atoms with Gasteiger partial charge in [-0.25, -0.2) is 9.97 Å². The molecule has 0 saturated carbocycles. The number of carbonyl (C=O) groups is 1. The zero-order valence-corrected chi connectivity index (χ0v) is 36.3. The van der Waals surface area contributed by atoms with Crippen LogP contribution in [0, 0.1) is 0 Å². The van der Waals surface area contributed by atoms with E-state index in [0.29, 0.717) is 105 Å². The number of ether oxygens (including phenoxy) is 6. The lowest BCUT2D eigenvalue weighted by molar-refractivity contribution is -0.115. The summed E-state index contributed by atoms with van der Waals surface area (Å²) < 4.78 is 35.4. The molecule has 0 aliphatic carbocycles. The van der Waals surface area contributed by atoms with E-state index in [1.807, 2.05) is 24.3 Å². The summed E-state index contributed by atoms with van der Waals surface area (Å²) in [5.41, 5.74) is 10.7. The van der Waals surface area contributed by atoms with E-state index >= 15 is 0 Å². The average Bonchev–Trinajstić information content (AvgIpc) is 3.31. The molecule has 8 bridgehead atoms. The number of aromatic nitrogens is 2. The van der Waals surface area contributed by atoms with Gasteiger partial charge in [0.15, 0.2) is 5.78 Å². The van der Waals surface area contributed by atoms with E-state index in [9.17, 15) is 9.90 Å². The molecular formula is C53H60N2O8. The number of para-hydroxylation sites is 2. The molecule has 3 heterocycles. The number of pyridine rings is 2. The van der Waals surface area contributed by atoms with E-state index < -0.39 is 0 Å². The molecule has 7 rings (SSSR count). The molecule has 2 aromatic heterocycles. The standard InChI is InChI=1S/C53H60N2O8/c56-46-13-7-23-58-29-31-62-27-21-42-37-52(54-50-17-3-1-15-48(42)50)44-11-5-9-40(35-44)19-25-60-33-34-61-26-20-41-10-6-12-45(36-41)53-38-43(49-16-2-4-18-51(49)55-53)22-28-63-32-30-59-24-8-14-47(57)39-46/h1-6,9-12,15-18,35-39,56H,7-8,13-14,19-34H2. The van der Waals surface area contributed by atoms with Crippen molar-refractivity contribution < 1.29 is 38.3 Å². The topological polar surface area (TPSA) is 118 Å². The lowest BCUT2D eigenvalue weighted by atomic mass is 10.0. The lowest BCUT2D eigenvalue weighted by Gasteiger charge is -2.12. The van der Waals surface area contributed by atoms with Gasteiger partial charge in [-0.1, -0.05) is 72.8 Å². The summed E-state index contributed by atoms with van der Waals surface area (Å²) in [5, 5.41) is 12.5. The first-order valence-electron chi connectivity index (χ1n) is 22.4. The number of aliphatic hydroxyl groups excluding tert-OH is 1. The molecule has 0 atom stereocenters. The Labute approximate surface area is 371 Å². The van der Waals surface area contributed by atoms with E-state index in [1.54, 1.807) is 0 Å². The number of fused-ring (bicyclic) bond motifs is 14. The minimum absolute atomic E-state index is 0.0759. The summed E-state index contributed by atoms with van der Waals surface area (Å²) in [4.78, 5) is 22.4. The summed E-state index contributed by atoms with van der Waals surface area (Å²) in [5.74, 6) is -0.0356. The lowest BCUT2D eigenvalue weighted by Crippen LogP contribution is -2.09. The predicted molar refractivity (Wildman–Crippen MR) is 248 cm³/mol. The van der Waals surface area contributed by atoms with Gasteiger partial charge in [-0.15, -0.1) is 0 Å². The molecule has 0 fully saturated rings. The van der Waals surface area contributed by atoms with Gasteiger partial charge in [-0.2, -0.15) is 0 Å². The fraction of sp³-hybridized carbons (Fsp3) is 0.377. The quantitative estimate of drug-likeness (QED) is 0.158. The second-order valence-corrected chi connectivity index (χ2v) is 15.8. The summed E-state index contributed by atoms with van der Waals surface area (Å²) >= 11 is 0. The van der Waals surface area contributed by atoms with Gasteiger partial charge in [0.2, 0.25) is 0 Å². The van der Waals surface area contributed by atoms with E-state index in [2.05, 4.69) is 84.9 Å². The maximum absolute atomic E-state index is 12.4. The second kappa shape index (κ2) is 25.1. The van der Waals surface area contributed by atoms with Crippen molar-refractivity contribution in [2.24, 2.45) is 0 Å². The molecular weight excluding hydrogens is 793 g/mol. The van der Waals surface area contributed by atoms with Crippen LogP contribution >= 0.6 is 0 Å². The smallest absolute Gasteiger partial charge is 0.159 e. The number of hydrogen-bond donors (Lipinski definition) is 1. The molecule has 0 saturated heterocycles. The van der Waals surface area contributed by atoms with Crippen LogP contribution in [0.5, 0.6) is 0 Å². The van der Waals surface area contributed by atoms with Crippen LogP contribution in [-0.2, 0) is 58.9 Å². The van der Waals surface area contributed by atoms with Gasteiger partial charge in [0.05, 0.1) is 94.2 Å². The van der Waals surface area contributed by atoms with Crippen molar-refractivity contribution in [2.45, 2.75) is 51.4 Å². The highest BCUT2D eigenvalue weighted by atomic mass is 16.5. The SMILES string of the molecule is O=C1C=C(O)CCCOCCOCCc2cc(nc3ccccc23)-c2cccc(c2)CCOCCOCCc2cccc(c2)-c2cc(c3ccccc3n2)CCOCCOCCC1. The molecule has 63 heavy (non-hydrogen) atoms. The van der Waals surface area contributed by atoms with Crippen molar-refractivity contribution in [1.29, 1.82) is 0 Å². The molecule has 0 unspecified atom stereocenters. The van der Waals surface area contributed by atoms with Crippen LogP contribution in [0.2, 0.25) is 0 Å². The fourth-order valence-electron chi connectivity index (χ4n) is 7.72. The highest BCUT2D eigenvalue weighted by Gasteiger charge is 2.11. The Kier molecular flexibility index (Phi) is 18.2. The van der Waals surface area contributed by atoms with Gasteiger partial charge in [-0.05, 0) is 97.2 Å². The Morgan fingerprint density at radius 3 is 1.33 bits per heavy atom. The van der Waals surface area contributed by atoms with Crippen molar-refractivity contribution in [3.8, 4) is 22.5 Å². The first-order valence-corrected chi connectivity index (χ1v) is 22.4. The van der Waals surface area contributed by atoms with E-state index in [-0.39, 0.29) is 11.5 Å². The highest BCUT2D eigenvalue weighted by molar-refractivity contribution is 5.90. The summed E-state index contributed by atoms with van der Waals surface area (Å²) in [6.07, 6.45) is 6.28.